The summed E-state index contributed by atoms with van der Waals surface area (Å²) >= 11 is -1.98. The number of aromatic amines is 1. The number of hydrogen-bond acceptors (Lipinski definition) is 2. The van der Waals surface area contributed by atoms with E-state index in [1.54, 1.807) is 18.3 Å². The van der Waals surface area contributed by atoms with Gasteiger partial charge >= 0.3 is 0 Å². The molecule has 0 spiro atoms. The second-order valence-corrected chi connectivity index (χ2v) is 5.32. The quantitative estimate of drug-likeness (QED) is 0.723. The molecule has 0 radical (unpaired) electrons. The Kier molecular flexibility index (Phi) is 3.54. The van der Waals surface area contributed by atoms with Gasteiger partial charge in [-0.3, -0.25) is 0 Å². The average Bonchev–Trinajstić information content (AvgIpc) is 2.89. The first-order chi connectivity index (χ1) is 9.74. The van der Waals surface area contributed by atoms with Gasteiger partial charge in [0.25, 0.3) is 0 Å². The van der Waals surface area contributed by atoms with Gasteiger partial charge in [-0.1, -0.05) is 30.3 Å². The highest BCUT2D eigenvalue weighted by molar-refractivity contribution is 7.79. The van der Waals surface area contributed by atoms with Crippen molar-refractivity contribution in [3.63, 3.8) is 0 Å². The predicted octanol–water partition coefficient (Wildman–Crippen LogP) is 3.33. The lowest BCUT2D eigenvalue weighted by Crippen LogP contribution is -1.94. The minimum Gasteiger partial charge on any atom is -0.489 e. The molecule has 5 heteroatoms. The number of aromatic nitrogens is 1. The van der Waals surface area contributed by atoms with Crippen LogP contribution in [0.2, 0.25) is 0 Å². The number of fused-ring (bicyclic) bond motifs is 1. The van der Waals surface area contributed by atoms with Crippen LogP contribution in [-0.2, 0) is 17.7 Å². The maximum atomic E-state index is 11.1. The van der Waals surface area contributed by atoms with Gasteiger partial charge in [-0.15, -0.1) is 0 Å². The smallest absolute Gasteiger partial charge is 0.188 e. The van der Waals surface area contributed by atoms with Gasteiger partial charge in [0.15, 0.2) is 11.1 Å². The average molecular weight is 287 g/mol. The van der Waals surface area contributed by atoms with E-state index in [0.29, 0.717) is 11.5 Å². The summed E-state index contributed by atoms with van der Waals surface area (Å²) in [5.41, 5.74) is 1.88. The molecule has 1 heterocycles. The summed E-state index contributed by atoms with van der Waals surface area (Å²) in [7, 11) is 0. The van der Waals surface area contributed by atoms with Crippen molar-refractivity contribution in [2.75, 3.05) is 0 Å². The second kappa shape index (κ2) is 5.48. The van der Waals surface area contributed by atoms with Crippen molar-refractivity contribution in [1.29, 1.82) is 0 Å². The van der Waals surface area contributed by atoms with Gasteiger partial charge in [-0.25, -0.2) is 4.21 Å². The fourth-order valence-corrected chi connectivity index (χ4v) is 2.58. The zero-order valence-corrected chi connectivity index (χ0v) is 11.4. The Morgan fingerprint density at radius 2 is 1.95 bits per heavy atom. The maximum Gasteiger partial charge on any atom is 0.188 e. The van der Waals surface area contributed by atoms with Crippen molar-refractivity contribution < 1.29 is 13.5 Å². The molecule has 0 aliphatic carbocycles. The SMILES string of the molecule is O=S(O)c1c[nH]c2cc(OCc3ccccc3)ccc12. The summed E-state index contributed by atoms with van der Waals surface area (Å²) in [6.45, 7) is 0.492. The molecule has 3 rings (SSSR count). The van der Waals surface area contributed by atoms with Crippen LogP contribution in [0.25, 0.3) is 10.9 Å². The molecule has 2 N–H and O–H groups in total. The number of benzene rings is 2. The van der Waals surface area contributed by atoms with Gasteiger partial charge in [0, 0.05) is 17.6 Å². The fraction of sp³-hybridized carbons (Fsp3) is 0.0667. The standard InChI is InChI=1S/C15H13NO3S/c17-20(18)15-9-16-14-8-12(6-7-13(14)15)19-10-11-4-2-1-3-5-11/h1-9,16H,10H2,(H,17,18). The van der Waals surface area contributed by atoms with Gasteiger partial charge < -0.3 is 14.3 Å². The summed E-state index contributed by atoms with van der Waals surface area (Å²) in [6, 6.07) is 15.3. The van der Waals surface area contributed by atoms with E-state index in [9.17, 15) is 4.21 Å². The predicted molar refractivity (Wildman–Crippen MR) is 78.1 cm³/mol. The first kappa shape index (κ1) is 12.9. The van der Waals surface area contributed by atoms with Crippen LogP contribution >= 0.6 is 0 Å². The Bertz CT molecular complexity index is 752. The number of ether oxygens (including phenoxy) is 1. The van der Waals surface area contributed by atoms with E-state index in [1.165, 1.54) is 0 Å². The fourth-order valence-electron chi connectivity index (χ4n) is 2.05. The number of nitrogens with one attached hydrogen (secondary N) is 1. The Labute approximate surface area is 118 Å². The topological polar surface area (TPSA) is 62.3 Å². The van der Waals surface area contributed by atoms with Crippen LogP contribution in [-0.4, -0.2) is 13.7 Å². The molecule has 0 aliphatic heterocycles. The van der Waals surface area contributed by atoms with Gasteiger partial charge in [-0.2, -0.15) is 0 Å². The molecule has 0 bridgehead atoms. The molecule has 20 heavy (non-hydrogen) atoms. The van der Waals surface area contributed by atoms with Crippen molar-refractivity contribution in [2.24, 2.45) is 0 Å². The normalized spacial score (nSPS) is 12.4. The third-order valence-electron chi connectivity index (χ3n) is 3.05. The zero-order valence-electron chi connectivity index (χ0n) is 10.6. The van der Waals surface area contributed by atoms with Gasteiger partial charge in [0.1, 0.15) is 12.4 Å². The van der Waals surface area contributed by atoms with Crippen molar-refractivity contribution >= 4 is 22.0 Å². The first-order valence-electron chi connectivity index (χ1n) is 6.13. The molecule has 0 saturated carbocycles. The summed E-state index contributed by atoms with van der Waals surface area (Å²) in [4.78, 5) is 3.36. The van der Waals surface area contributed by atoms with Crippen LogP contribution in [0.5, 0.6) is 5.75 Å². The highest BCUT2D eigenvalue weighted by atomic mass is 32.2. The molecular formula is C15H13NO3S. The number of hydrogen-bond donors (Lipinski definition) is 2. The van der Waals surface area contributed by atoms with Crippen molar-refractivity contribution in [2.45, 2.75) is 11.5 Å². The third-order valence-corrected chi connectivity index (χ3v) is 3.77. The molecule has 4 nitrogen and oxygen atoms in total. The Balaban J connectivity index is 1.81. The van der Waals surface area contributed by atoms with E-state index < -0.39 is 11.1 Å². The first-order valence-corrected chi connectivity index (χ1v) is 7.23. The van der Waals surface area contributed by atoms with E-state index >= 15 is 0 Å². The van der Waals surface area contributed by atoms with E-state index in [2.05, 4.69) is 4.98 Å². The Hall–Kier alpha value is -2.11. The van der Waals surface area contributed by atoms with Gasteiger partial charge in [0.2, 0.25) is 0 Å². The number of rotatable bonds is 4. The Morgan fingerprint density at radius 3 is 2.70 bits per heavy atom. The summed E-state index contributed by atoms with van der Waals surface area (Å²) < 4.78 is 26.0. The van der Waals surface area contributed by atoms with Crippen LogP contribution in [0.15, 0.2) is 59.6 Å². The zero-order chi connectivity index (χ0) is 13.9. The molecule has 0 aliphatic rings. The van der Waals surface area contributed by atoms with E-state index in [-0.39, 0.29) is 0 Å². The van der Waals surface area contributed by atoms with Crippen molar-refractivity contribution in [1.82, 2.24) is 4.98 Å². The van der Waals surface area contributed by atoms with E-state index in [1.807, 2.05) is 36.4 Å². The molecule has 0 amide bonds. The molecule has 0 saturated heterocycles. The van der Waals surface area contributed by atoms with E-state index in [0.717, 1.165) is 22.2 Å². The molecule has 1 atom stereocenters. The van der Waals surface area contributed by atoms with Crippen molar-refractivity contribution in [3.8, 4) is 5.75 Å². The molecule has 2 aromatic carbocycles. The molecular weight excluding hydrogens is 274 g/mol. The molecule has 1 aromatic heterocycles. The van der Waals surface area contributed by atoms with E-state index in [4.69, 9.17) is 9.29 Å². The van der Waals surface area contributed by atoms with Crippen molar-refractivity contribution in [3.05, 3.63) is 60.3 Å². The van der Waals surface area contributed by atoms with Crippen LogP contribution in [0.4, 0.5) is 0 Å². The van der Waals surface area contributed by atoms with Crippen LogP contribution in [0.1, 0.15) is 5.56 Å². The maximum absolute atomic E-state index is 11.1. The van der Waals surface area contributed by atoms with Crippen LogP contribution in [0.3, 0.4) is 0 Å². The molecule has 3 aromatic rings. The lowest BCUT2D eigenvalue weighted by atomic mass is 10.2. The third kappa shape index (κ3) is 2.59. The lowest BCUT2D eigenvalue weighted by Gasteiger charge is -2.06. The largest absolute Gasteiger partial charge is 0.489 e. The lowest BCUT2D eigenvalue weighted by molar-refractivity contribution is 0.306. The monoisotopic (exact) mass is 287 g/mol. The van der Waals surface area contributed by atoms with Crippen LogP contribution in [0, 0.1) is 0 Å². The summed E-state index contributed by atoms with van der Waals surface area (Å²) in [5.74, 6) is 0.721. The summed E-state index contributed by atoms with van der Waals surface area (Å²) in [5, 5.41) is 0.734. The second-order valence-electron chi connectivity index (χ2n) is 4.38. The molecule has 0 fully saturated rings. The molecule has 1 unspecified atom stereocenters. The highest BCUT2D eigenvalue weighted by Gasteiger charge is 2.09. The minimum atomic E-state index is -1.98. The minimum absolute atomic E-state index is 0.384. The van der Waals surface area contributed by atoms with Crippen LogP contribution < -0.4 is 4.74 Å². The van der Waals surface area contributed by atoms with Gasteiger partial charge in [0.05, 0.1) is 10.4 Å². The number of H-pyrrole nitrogens is 1. The van der Waals surface area contributed by atoms with Gasteiger partial charge in [-0.05, 0) is 17.7 Å². The highest BCUT2D eigenvalue weighted by Crippen LogP contribution is 2.25. The summed E-state index contributed by atoms with van der Waals surface area (Å²) in [6.07, 6.45) is 1.54. The molecule has 102 valence electrons. The Morgan fingerprint density at radius 1 is 1.15 bits per heavy atom.